The molecule has 164 valence electrons. The first kappa shape index (κ1) is 23.4. The molecule has 0 saturated heterocycles. The highest BCUT2D eigenvalue weighted by atomic mass is 28.3. The van der Waals surface area contributed by atoms with Crippen LogP contribution in [0.4, 0.5) is 0 Å². The van der Waals surface area contributed by atoms with E-state index in [2.05, 4.69) is 93.6 Å². The third-order valence-corrected chi connectivity index (χ3v) is 13.3. The minimum Gasteiger partial charge on any atom is -0.299 e. The van der Waals surface area contributed by atoms with Crippen LogP contribution in [-0.2, 0) is 9.59 Å². The van der Waals surface area contributed by atoms with E-state index in [0.29, 0.717) is 19.3 Å². The van der Waals surface area contributed by atoms with Gasteiger partial charge in [0.15, 0.2) is 0 Å². The van der Waals surface area contributed by atoms with Gasteiger partial charge in [0.05, 0.1) is 5.41 Å². The molecular formula is C28H36O2Si. The second kappa shape index (κ2) is 9.48. The number of hydrogen-bond donors (Lipinski definition) is 0. The van der Waals surface area contributed by atoms with Crippen LogP contribution in [0.25, 0.3) is 0 Å². The second-order valence-electron chi connectivity index (χ2n) is 10.1. The Kier molecular flexibility index (Phi) is 7.16. The largest absolute Gasteiger partial charge is 0.299 e. The summed E-state index contributed by atoms with van der Waals surface area (Å²) in [5, 5.41) is 3.02. The molecule has 2 aromatic rings. The van der Waals surface area contributed by atoms with Crippen molar-refractivity contribution in [2.45, 2.75) is 70.9 Å². The second-order valence-corrected chi connectivity index (χ2v) is 15.0. The lowest BCUT2D eigenvalue weighted by Gasteiger charge is -2.43. The molecule has 3 rings (SSSR count). The predicted octanol–water partition coefficient (Wildman–Crippen LogP) is 5.71. The predicted molar refractivity (Wildman–Crippen MR) is 133 cm³/mol. The van der Waals surface area contributed by atoms with Crippen molar-refractivity contribution in [1.29, 1.82) is 0 Å². The highest BCUT2D eigenvalue weighted by Gasteiger charge is 2.46. The highest BCUT2D eigenvalue weighted by molar-refractivity contribution is 7.04. The average Bonchev–Trinajstić information content (AvgIpc) is 2.75. The molecule has 0 aromatic heterocycles. The van der Waals surface area contributed by atoms with Crippen molar-refractivity contribution < 1.29 is 9.59 Å². The minimum absolute atomic E-state index is 0.126. The zero-order valence-electron chi connectivity index (χ0n) is 19.5. The molecule has 0 heterocycles. The molecule has 0 unspecified atom stereocenters. The number of hydrogen-bond acceptors (Lipinski definition) is 2. The summed E-state index contributed by atoms with van der Waals surface area (Å²) in [6.07, 6.45) is 7.74. The number of carbonyl (C=O) groups excluding carboxylic acids is 2. The quantitative estimate of drug-likeness (QED) is 0.319. The monoisotopic (exact) mass is 432 g/mol. The Labute approximate surface area is 188 Å². The van der Waals surface area contributed by atoms with Crippen LogP contribution in [0.1, 0.15) is 59.8 Å². The summed E-state index contributed by atoms with van der Waals surface area (Å²) in [7, 11) is -2.11. The first-order valence-electron chi connectivity index (χ1n) is 11.5. The topological polar surface area (TPSA) is 34.1 Å². The van der Waals surface area contributed by atoms with Crippen molar-refractivity contribution in [2.75, 3.05) is 0 Å². The van der Waals surface area contributed by atoms with Gasteiger partial charge in [0, 0.05) is 12.8 Å². The molecular weight excluding hydrogens is 396 g/mol. The van der Waals surface area contributed by atoms with E-state index in [-0.39, 0.29) is 16.6 Å². The molecule has 0 bridgehead atoms. The lowest BCUT2D eigenvalue weighted by atomic mass is 9.71. The van der Waals surface area contributed by atoms with E-state index in [4.69, 9.17) is 0 Å². The van der Waals surface area contributed by atoms with E-state index in [9.17, 15) is 9.59 Å². The number of ketones is 2. The zero-order chi connectivity index (χ0) is 22.5. The van der Waals surface area contributed by atoms with Gasteiger partial charge in [-0.1, -0.05) is 104 Å². The number of benzene rings is 2. The lowest BCUT2D eigenvalue weighted by Crippen LogP contribution is -2.63. The smallest absolute Gasteiger partial charge is 0.146 e. The van der Waals surface area contributed by atoms with Crippen LogP contribution in [0.2, 0.25) is 11.1 Å². The van der Waals surface area contributed by atoms with Crippen LogP contribution in [0.15, 0.2) is 72.8 Å². The molecule has 2 aromatic carbocycles. The Morgan fingerprint density at radius 3 is 1.77 bits per heavy atom. The number of carbonyl (C=O) groups is 2. The molecule has 0 amide bonds. The molecule has 3 heteroatoms. The maximum absolute atomic E-state index is 12.4. The van der Waals surface area contributed by atoms with Gasteiger partial charge in [0.25, 0.3) is 0 Å². The Balaban J connectivity index is 1.86. The van der Waals surface area contributed by atoms with Crippen molar-refractivity contribution >= 4 is 30.0 Å². The van der Waals surface area contributed by atoms with E-state index in [0.717, 1.165) is 18.9 Å². The van der Waals surface area contributed by atoms with Gasteiger partial charge in [0.1, 0.15) is 19.6 Å². The Morgan fingerprint density at radius 2 is 1.32 bits per heavy atom. The SMILES string of the molecule is CC1(CC/C=C/C[Si](c2ccccc2)(c2ccccc2)C(C)(C)C)C(=O)CCCC1=O. The third kappa shape index (κ3) is 4.67. The van der Waals surface area contributed by atoms with Crippen molar-refractivity contribution in [2.24, 2.45) is 5.41 Å². The molecule has 0 aliphatic heterocycles. The van der Waals surface area contributed by atoms with Crippen molar-refractivity contribution in [3.8, 4) is 0 Å². The normalized spacial score (nSPS) is 17.3. The molecule has 2 nitrogen and oxygen atoms in total. The summed E-state index contributed by atoms with van der Waals surface area (Å²) in [5.41, 5.74) is -0.778. The molecule has 0 atom stereocenters. The number of rotatable bonds is 7. The summed E-state index contributed by atoms with van der Waals surface area (Å²) in [6.45, 7) is 8.96. The van der Waals surface area contributed by atoms with Gasteiger partial charge in [-0.05, 0) is 37.3 Å². The van der Waals surface area contributed by atoms with Crippen LogP contribution in [-0.4, -0.2) is 19.6 Å². The third-order valence-electron chi connectivity index (χ3n) is 7.25. The van der Waals surface area contributed by atoms with Crippen molar-refractivity contribution in [3.63, 3.8) is 0 Å². The van der Waals surface area contributed by atoms with Crippen LogP contribution >= 0.6 is 0 Å². The molecule has 31 heavy (non-hydrogen) atoms. The van der Waals surface area contributed by atoms with Crippen LogP contribution in [0.5, 0.6) is 0 Å². The lowest BCUT2D eigenvalue weighted by molar-refractivity contribution is -0.143. The zero-order valence-corrected chi connectivity index (χ0v) is 20.5. The Morgan fingerprint density at radius 1 is 0.839 bits per heavy atom. The van der Waals surface area contributed by atoms with Gasteiger partial charge in [-0.15, -0.1) is 0 Å². The van der Waals surface area contributed by atoms with E-state index in [1.165, 1.54) is 10.4 Å². The van der Waals surface area contributed by atoms with Crippen LogP contribution < -0.4 is 10.4 Å². The van der Waals surface area contributed by atoms with Crippen molar-refractivity contribution in [1.82, 2.24) is 0 Å². The fraction of sp³-hybridized carbons (Fsp3) is 0.429. The molecule has 0 spiro atoms. The Bertz CT molecular complexity index is 867. The van der Waals surface area contributed by atoms with Crippen LogP contribution in [0.3, 0.4) is 0 Å². The number of allylic oxidation sites excluding steroid dienone is 2. The first-order chi connectivity index (χ1) is 14.7. The molecule has 1 aliphatic rings. The van der Waals surface area contributed by atoms with Crippen LogP contribution in [0, 0.1) is 5.41 Å². The van der Waals surface area contributed by atoms with Gasteiger partial charge in [-0.25, -0.2) is 0 Å². The average molecular weight is 433 g/mol. The van der Waals surface area contributed by atoms with Gasteiger partial charge in [-0.2, -0.15) is 0 Å². The molecule has 1 saturated carbocycles. The standard InChI is InChI=1S/C28H36O2Si/c1-27(2,3)31(23-15-8-5-9-16-23,24-17-10-6-11-18-24)22-13-7-12-21-28(4)25(29)19-14-20-26(28)30/h5-11,13,15-18H,12,14,19-22H2,1-4H3/b13-7+. The first-order valence-corrected chi connectivity index (χ1v) is 13.8. The van der Waals surface area contributed by atoms with E-state index < -0.39 is 13.5 Å². The fourth-order valence-corrected chi connectivity index (χ4v) is 10.4. The van der Waals surface area contributed by atoms with Gasteiger partial charge < -0.3 is 0 Å². The van der Waals surface area contributed by atoms with Crippen molar-refractivity contribution in [3.05, 3.63) is 72.8 Å². The summed E-state index contributed by atoms with van der Waals surface area (Å²) in [5.74, 6) is 0.258. The molecule has 1 fully saturated rings. The molecule has 1 aliphatic carbocycles. The van der Waals surface area contributed by atoms with Gasteiger partial charge in [-0.3, -0.25) is 9.59 Å². The Hall–Kier alpha value is -2.26. The molecule has 0 N–H and O–H groups in total. The fourth-order valence-electron chi connectivity index (χ4n) is 5.17. The number of Topliss-reactive ketones (excluding diaryl/α,β-unsaturated/α-hetero) is 2. The maximum Gasteiger partial charge on any atom is 0.146 e. The highest BCUT2D eigenvalue weighted by Crippen LogP contribution is 2.39. The van der Waals surface area contributed by atoms with E-state index >= 15 is 0 Å². The molecule has 0 radical (unpaired) electrons. The summed E-state index contributed by atoms with van der Waals surface area (Å²) < 4.78 is 0. The van der Waals surface area contributed by atoms with E-state index in [1.54, 1.807) is 0 Å². The van der Waals surface area contributed by atoms with E-state index in [1.807, 2.05) is 6.92 Å². The summed E-state index contributed by atoms with van der Waals surface area (Å²) in [4.78, 5) is 24.8. The van der Waals surface area contributed by atoms with Gasteiger partial charge in [0.2, 0.25) is 0 Å². The summed E-state index contributed by atoms with van der Waals surface area (Å²) >= 11 is 0. The van der Waals surface area contributed by atoms with Gasteiger partial charge >= 0.3 is 0 Å². The summed E-state index contributed by atoms with van der Waals surface area (Å²) in [6, 6.07) is 22.9. The minimum atomic E-state index is -2.11. The maximum atomic E-state index is 12.4.